The summed E-state index contributed by atoms with van der Waals surface area (Å²) in [5.74, 6) is 0.0441. The largest absolute Gasteiger partial charge is 0.341 e. The Morgan fingerprint density at radius 3 is 2.60 bits per heavy atom. The fraction of sp³-hybridized carbons (Fsp3) is 0.350. The number of rotatable bonds is 4. The van der Waals surface area contributed by atoms with Crippen molar-refractivity contribution in [3.63, 3.8) is 0 Å². The van der Waals surface area contributed by atoms with Gasteiger partial charge in [0.2, 0.25) is 0 Å². The number of aromatic nitrogens is 2. The number of nitrogens with zero attached hydrogens (tertiary/aromatic N) is 3. The minimum atomic E-state index is 0.0441. The fourth-order valence-corrected chi connectivity index (χ4v) is 3.90. The summed E-state index contributed by atoms with van der Waals surface area (Å²) in [6.07, 6.45) is 0.832. The van der Waals surface area contributed by atoms with Crippen LogP contribution in [0.25, 0.3) is 10.9 Å². The van der Waals surface area contributed by atoms with E-state index in [0.29, 0.717) is 6.54 Å². The molecule has 3 aromatic rings. The van der Waals surface area contributed by atoms with E-state index in [1.165, 1.54) is 4.88 Å². The quantitative estimate of drug-likeness (QED) is 0.705. The van der Waals surface area contributed by atoms with Gasteiger partial charge in [-0.25, -0.2) is 4.98 Å². The van der Waals surface area contributed by atoms with E-state index in [1.54, 1.807) is 16.2 Å². The lowest BCUT2D eigenvalue weighted by molar-refractivity contribution is 0.0798. The molecule has 0 fully saturated rings. The summed E-state index contributed by atoms with van der Waals surface area (Å²) >= 11 is 1.65. The van der Waals surface area contributed by atoms with Gasteiger partial charge >= 0.3 is 0 Å². The molecule has 0 saturated heterocycles. The first-order chi connectivity index (χ1) is 11.9. The molecule has 0 bridgehead atoms. The Balaban J connectivity index is 1.92. The number of hydrogen-bond donors (Lipinski definition) is 0. The van der Waals surface area contributed by atoms with Gasteiger partial charge in [0.1, 0.15) is 0 Å². The predicted octanol–water partition coefficient (Wildman–Crippen LogP) is 4.24. The van der Waals surface area contributed by atoms with Crippen molar-refractivity contribution in [2.24, 2.45) is 0 Å². The van der Waals surface area contributed by atoms with E-state index in [-0.39, 0.29) is 5.91 Å². The number of aryl methyl sites for hydroxylation is 4. The molecular weight excluding hydrogens is 330 g/mol. The molecular formula is C20H23N3OS. The third kappa shape index (κ3) is 3.56. The predicted molar refractivity (Wildman–Crippen MR) is 103 cm³/mol. The van der Waals surface area contributed by atoms with Crippen molar-refractivity contribution in [3.05, 3.63) is 56.7 Å². The lowest BCUT2D eigenvalue weighted by Gasteiger charge is -2.19. The van der Waals surface area contributed by atoms with E-state index in [2.05, 4.69) is 29.0 Å². The average Bonchev–Trinajstić information content (AvgIpc) is 2.97. The van der Waals surface area contributed by atoms with Crippen molar-refractivity contribution in [3.8, 4) is 0 Å². The van der Waals surface area contributed by atoms with Gasteiger partial charge in [0.05, 0.1) is 22.3 Å². The highest BCUT2D eigenvalue weighted by Gasteiger charge is 2.18. The summed E-state index contributed by atoms with van der Waals surface area (Å²) < 4.78 is 0. The molecule has 3 rings (SSSR count). The average molecular weight is 353 g/mol. The molecule has 5 heteroatoms. The second kappa shape index (κ2) is 6.92. The van der Waals surface area contributed by atoms with Crippen LogP contribution in [0.15, 0.2) is 23.7 Å². The Morgan fingerprint density at radius 1 is 1.16 bits per heavy atom. The zero-order valence-corrected chi connectivity index (χ0v) is 16.2. The molecule has 25 heavy (non-hydrogen) atoms. The topological polar surface area (TPSA) is 46.1 Å². The molecule has 0 atom stereocenters. The minimum absolute atomic E-state index is 0.0441. The van der Waals surface area contributed by atoms with Gasteiger partial charge in [-0.05, 0) is 45.4 Å². The second-order valence-corrected chi connectivity index (χ2v) is 7.57. The molecule has 0 spiro atoms. The molecule has 0 aliphatic carbocycles. The van der Waals surface area contributed by atoms with Crippen molar-refractivity contribution >= 4 is 28.1 Å². The number of likely N-dealkylation sites (N-methyl/N-ethyl adjacent to an activating group) is 1. The molecule has 0 aliphatic rings. The van der Waals surface area contributed by atoms with Gasteiger partial charge in [-0.2, -0.15) is 0 Å². The standard InChI is InChI=1S/C20H23N3OS/c1-12-8-13(2)19-16(9-12)17(10-14(3)22-19)20(24)23(5)7-6-18-15(4)21-11-25-18/h8-11H,6-7H2,1-5H3. The Kier molecular flexibility index (Phi) is 4.86. The van der Waals surface area contributed by atoms with Crippen LogP contribution in [0.3, 0.4) is 0 Å². The maximum Gasteiger partial charge on any atom is 0.254 e. The van der Waals surface area contributed by atoms with E-state index < -0.39 is 0 Å². The fourth-order valence-electron chi connectivity index (χ4n) is 3.13. The van der Waals surface area contributed by atoms with Crippen LogP contribution in [-0.2, 0) is 6.42 Å². The zero-order chi connectivity index (χ0) is 18.1. The Hall–Kier alpha value is -2.27. The molecule has 2 heterocycles. The summed E-state index contributed by atoms with van der Waals surface area (Å²) in [4.78, 5) is 25.0. The van der Waals surface area contributed by atoms with Crippen LogP contribution in [0.2, 0.25) is 0 Å². The van der Waals surface area contributed by atoms with Crippen molar-refractivity contribution in [2.45, 2.75) is 34.1 Å². The molecule has 0 N–H and O–H groups in total. The Bertz CT molecular complexity index is 946. The molecule has 130 valence electrons. The van der Waals surface area contributed by atoms with Crippen LogP contribution in [0.5, 0.6) is 0 Å². The first-order valence-corrected chi connectivity index (χ1v) is 9.28. The third-order valence-corrected chi connectivity index (χ3v) is 5.47. The molecule has 0 aliphatic heterocycles. The molecule has 0 unspecified atom stereocenters. The van der Waals surface area contributed by atoms with Gasteiger partial charge in [0.25, 0.3) is 5.91 Å². The smallest absolute Gasteiger partial charge is 0.254 e. The molecule has 4 nitrogen and oxygen atoms in total. The summed E-state index contributed by atoms with van der Waals surface area (Å²) in [7, 11) is 1.86. The second-order valence-electron chi connectivity index (χ2n) is 6.63. The van der Waals surface area contributed by atoms with Gasteiger partial charge < -0.3 is 4.90 Å². The maximum absolute atomic E-state index is 13.1. The normalized spacial score (nSPS) is 11.1. The van der Waals surface area contributed by atoms with Crippen molar-refractivity contribution in [1.29, 1.82) is 0 Å². The molecule has 2 aromatic heterocycles. The Morgan fingerprint density at radius 2 is 1.92 bits per heavy atom. The van der Waals surface area contributed by atoms with Gasteiger partial charge in [-0.3, -0.25) is 9.78 Å². The van der Waals surface area contributed by atoms with Gasteiger partial charge in [-0.15, -0.1) is 11.3 Å². The minimum Gasteiger partial charge on any atom is -0.341 e. The number of carbonyl (C=O) groups is 1. The maximum atomic E-state index is 13.1. The molecule has 0 radical (unpaired) electrons. The van der Waals surface area contributed by atoms with E-state index in [4.69, 9.17) is 0 Å². The number of hydrogen-bond acceptors (Lipinski definition) is 4. The van der Waals surface area contributed by atoms with Crippen LogP contribution >= 0.6 is 11.3 Å². The lowest BCUT2D eigenvalue weighted by atomic mass is 10.0. The lowest BCUT2D eigenvalue weighted by Crippen LogP contribution is -2.29. The van der Waals surface area contributed by atoms with Gasteiger partial charge in [0, 0.05) is 36.0 Å². The molecule has 1 aromatic carbocycles. The monoisotopic (exact) mass is 353 g/mol. The first kappa shape index (κ1) is 17.5. The first-order valence-electron chi connectivity index (χ1n) is 8.40. The SMILES string of the molecule is Cc1cc(C)c2nc(C)cc(C(=O)N(C)CCc3scnc3C)c2c1. The van der Waals surface area contributed by atoms with Gasteiger partial charge in [0.15, 0.2) is 0 Å². The highest BCUT2D eigenvalue weighted by molar-refractivity contribution is 7.09. The van der Waals surface area contributed by atoms with Crippen LogP contribution in [-0.4, -0.2) is 34.4 Å². The highest BCUT2D eigenvalue weighted by Crippen LogP contribution is 2.24. The van der Waals surface area contributed by atoms with E-state index in [9.17, 15) is 4.79 Å². The number of fused-ring (bicyclic) bond motifs is 1. The van der Waals surface area contributed by atoms with E-state index in [1.807, 2.05) is 39.4 Å². The van der Waals surface area contributed by atoms with Crippen LogP contribution in [0.4, 0.5) is 0 Å². The third-order valence-electron chi connectivity index (χ3n) is 4.47. The summed E-state index contributed by atoms with van der Waals surface area (Å²) in [5, 5.41) is 0.939. The zero-order valence-electron chi connectivity index (χ0n) is 15.4. The van der Waals surface area contributed by atoms with Crippen molar-refractivity contribution in [1.82, 2.24) is 14.9 Å². The van der Waals surface area contributed by atoms with E-state index in [0.717, 1.165) is 45.4 Å². The van der Waals surface area contributed by atoms with Crippen LogP contribution in [0, 0.1) is 27.7 Å². The summed E-state index contributed by atoms with van der Waals surface area (Å²) in [6.45, 7) is 8.73. The van der Waals surface area contributed by atoms with Crippen LogP contribution < -0.4 is 0 Å². The summed E-state index contributed by atoms with van der Waals surface area (Å²) in [5.41, 5.74) is 7.69. The molecule has 1 amide bonds. The van der Waals surface area contributed by atoms with Gasteiger partial charge in [-0.1, -0.05) is 11.6 Å². The number of carbonyl (C=O) groups excluding carboxylic acids is 1. The highest BCUT2D eigenvalue weighted by atomic mass is 32.1. The number of pyridine rings is 1. The van der Waals surface area contributed by atoms with Crippen LogP contribution in [0.1, 0.15) is 37.7 Å². The van der Waals surface area contributed by atoms with E-state index >= 15 is 0 Å². The summed E-state index contributed by atoms with van der Waals surface area (Å²) in [6, 6.07) is 6.07. The number of thiazole rings is 1. The van der Waals surface area contributed by atoms with Crippen molar-refractivity contribution in [2.75, 3.05) is 13.6 Å². The number of amides is 1. The Labute approximate surface area is 152 Å². The molecule has 0 saturated carbocycles. The number of benzene rings is 1. The van der Waals surface area contributed by atoms with Crippen molar-refractivity contribution < 1.29 is 4.79 Å².